The molecule has 0 saturated carbocycles. The Hall–Kier alpha value is -3.36. The van der Waals surface area contributed by atoms with Crippen LogP contribution < -0.4 is 5.32 Å². The Balaban J connectivity index is 1.40. The van der Waals surface area contributed by atoms with Crippen LogP contribution in [0.3, 0.4) is 0 Å². The predicted octanol–water partition coefficient (Wildman–Crippen LogP) is 5.43. The molecule has 0 aromatic heterocycles. The minimum absolute atomic E-state index is 0.0238. The van der Waals surface area contributed by atoms with Gasteiger partial charge in [-0.25, -0.2) is 0 Å². The maximum absolute atomic E-state index is 13.0. The molecule has 7 nitrogen and oxygen atoms in total. The highest BCUT2D eigenvalue weighted by Gasteiger charge is 2.26. The number of hydrogen-bond donors (Lipinski definition) is 1. The van der Waals surface area contributed by atoms with E-state index in [1.165, 1.54) is 17.8 Å². The average Bonchev–Trinajstić information content (AvgIpc) is 2.86. The summed E-state index contributed by atoms with van der Waals surface area (Å²) in [6, 6.07) is 20.6. The second kappa shape index (κ2) is 10.7. The van der Waals surface area contributed by atoms with Crippen LogP contribution in [0.5, 0.6) is 0 Å². The fraction of sp³-hybridized carbons (Fsp3) is 0.200. The van der Waals surface area contributed by atoms with Crippen LogP contribution in [0, 0.1) is 10.1 Å². The van der Waals surface area contributed by atoms with E-state index in [1.807, 2.05) is 18.2 Å². The van der Waals surface area contributed by atoms with Gasteiger partial charge in [-0.3, -0.25) is 19.7 Å². The smallest absolute Gasteiger partial charge is 0.284 e. The number of hydrogen-bond acceptors (Lipinski definition) is 5. The Labute approximate surface area is 206 Å². The average molecular weight is 496 g/mol. The standard InChI is InChI=1S/C25H22ClN3O4S/c26-19-7-9-21(10-8-19)34-23-11-6-18(16-22(23)29(32)33)25(31)28-14-12-20(13-15-28)27-24(30)17-4-2-1-3-5-17/h1-11,16,20H,12-15H2,(H,27,30). The summed E-state index contributed by atoms with van der Waals surface area (Å²) in [5.74, 6) is -0.381. The minimum atomic E-state index is -0.472. The summed E-state index contributed by atoms with van der Waals surface area (Å²) in [4.78, 5) is 39.5. The van der Waals surface area contributed by atoms with Gasteiger partial charge in [0.15, 0.2) is 0 Å². The molecule has 3 aromatic rings. The Kier molecular flexibility index (Phi) is 7.49. The van der Waals surface area contributed by atoms with Crippen molar-refractivity contribution in [2.75, 3.05) is 13.1 Å². The minimum Gasteiger partial charge on any atom is -0.349 e. The van der Waals surface area contributed by atoms with Crippen LogP contribution in [0.25, 0.3) is 0 Å². The van der Waals surface area contributed by atoms with Crippen LogP contribution in [-0.4, -0.2) is 40.8 Å². The van der Waals surface area contributed by atoms with Crippen molar-refractivity contribution in [1.82, 2.24) is 10.2 Å². The van der Waals surface area contributed by atoms with E-state index in [0.717, 1.165) is 4.90 Å². The number of likely N-dealkylation sites (tertiary alicyclic amines) is 1. The van der Waals surface area contributed by atoms with Gasteiger partial charge in [-0.2, -0.15) is 0 Å². The molecule has 174 valence electrons. The SMILES string of the molecule is O=C(NC1CCN(C(=O)c2ccc(Sc3ccc(Cl)cc3)c([N+](=O)[O-])c2)CC1)c1ccccc1. The third kappa shape index (κ3) is 5.76. The highest BCUT2D eigenvalue weighted by molar-refractivity contribution is 7.99. The van der Waals surface area contributed by atoms with Gasteiger partial charge in [0.05, 0.1) is 9.82 Å². The van der Waals surface area contributed by atoms with Gasteiger partial charge in [-0.1, -0.05) is 41.6 Å². The van der Waals surface area contributed by atoms with Crippen molar-refractivity contribution >= 4 is 40.9 Å². The van der Waals surface area contributed by atoms with Crippen molar-refractivity contribution in [3.8, 4) is 0 Å². The molecule has 1 aliphatic rings. The molecule has 0 unspecified atom stereocenters. The number of halogens is 1. The second-order valence-electron chi connectivity index (χ2n) is 7.90. The number of nitro groups is 1. The van der Waals surface area contributed by atoms with E-state index in [-0.39, 0.29) is 29.1 Å². The number of nitrogens with zero attached hydrogens (tertiary/aromatic N) is 2. The van der Waals surface area contributed by atoms with E-state index < -0.39 is 4.92 Å². The largest absolute Gasteiger partial charge is 0.349 e. The van der Waals surface area contributed by atoms with Crippen molar-refractivity contribution < 1.29 is 14.5 Å². The molecule has 1 heterocycles. The monoisotopic (exact) mass is 495 g/mol. The summed E-state index contributed by atoms with van der Waals surface area (Å²) in [5, 5.41) is 15.3. The van der Waals surface area contributed by atoms with Crippen molar-refractivity contribution in [2.45, 2.75) is 28.7 Å². The molecule has 1 N–H and O–H groups in total. The zero-order valence-corrected chi connectivity index (χ0v) is 19.7. The molecule has 2 amide bonds. The van der Waals surface area contributed by atoms with Gasteiger partial charge in [0, 0.05) is 46.2 Å². The lowest BCUT2D eigenvalue weighted by Gasteiger charge is -2.32. The zero-order chi connectivity index (χ0) is 24.1. The fourth-order valence-electron chi connectivity index (χ4n) is 3.78. The lowest BCUT2D eigenvalue weighted by atomic mass is 10.0. The number of carbonyl (C=O) groups is 2. The van der Waals surface area contributed by atoms with Crippen LogP contribution in [0.1, 0.15) is 33.6 Å². The first-order valence-corrected chi connectivity index (χ1v) is 12.0. The first kappa shape index (κ1) is 23.8. The highest BCUT2D eigenvalue weighted by atomic mass is 35.5. The Morgan fingerprint density at radius 3 is 2.29 bits per heavy atom. The molecule has 1 saturated heterocycles. The van der Waals surface area contributed by atoms with Gasteiger partial charge in [0.1, 0.15) is 0 Å². The lowest BCUT2D eigenvalue weighted by molar-refractivity contribution is -0.387. The molecule has 0 bridgehead atoms. The Morgan fingerprint density at radius 1 is 0.971 bits per heavy atom. The van der Waals surface area contributed by atoms with Gasteiger partial charge < -0.3 is 10.2 Å². The van der Waals surface area contributed by atoms with Crippen molar-refractivity contribution in [3.63, 3.8) is 0 Å². The van der Waals surface area contributed by atoms with Gasteiger partial charge in [0.25, 0.3) is 17.5 Å². The molecule has 0 spiro atoms. The maximum Gasteiger partial charge on any atom is 0.284 e. The van der Waals surface area contributed by atoms with Crippen LogP contribution in [0.15, 0.2) is 82.6 Å². The quantitative estimate of drug-likeness (QED) is 0.363. The molecular formula is C25H22ClN3O4S. The van der Waals surface area contributed by atoms with E-state index in [0.29, 0.717) is 41.4 Å². The number of nitro benzene ring substituents is 1. The highest BCUT2D eigenvalue weighted by Crippen LogP contribution is 2.36. The molecule has 4 rings (SSSR count). The first-order valence-electron chi connectivity index (χ1n) is 10.8. The molecule has 0 aliphatic carbocycles. The normalized spacial score (nSPS) is 14.0. The molecule has 34 heavy (non-hydrogen) atoms. The van der Waals surface area contributed by atoms with E-state index in [4.69, 9.17) is 11.6 Å². The van der Waals surface area contributed by atoms with Crippen molar-refractivity contribution in [2.24, 2.45) is 0 Å². The maximum atomic E-state index is 13.0. The number of piperidine rings is 1. The third-order valence-electron chi connectivity index (χ3n) is 5.60. The van der Waals surface area contributed by atoms with Gasteiger partial charge >= 0.3 is 0 Å². The van der Waals surface area contributed by atoms with Gasteiger partial charge in [0.2, 0.25) is 0 Å². The summed E-state index contributed by atoms with van der Waals surface area (Å²) in [7, 11) is 0. The Morgan fingerprint density at radius 2 is 1.65 bits per heavy atom. The number of nitrogens with one attached hydrogen (secondary N) is 1. The predicted molar refractivity (Wildman–Crippen MR) is 132 cm³/mol. The first-order chi connectivity index (χ1) is 16.4. The van der Waals surface area contributed by atoms with Crippen molar-refractivity contribution in [3.05, 3.63) is 99.1 Å². The van der Waals surface area contributed by atoms with E-state index in [1.54, 1.807) is 53.4 Å². The number of benzene rings is 3. The molecule has 3 aromatic carbocycles. The molecule has 1 fully saturated rings. The number of carbonyl (C=O) groups excluding carboxylic acids is 2. The van der Waals surface area contributed by atoms with E-state index >= 15 is 0 Å². The van der Waals surface area contributed by atoms with Gasteiger partial charge in [-0.05, 0) is 61.4 Å². The number of rotatable bonds is 6. The zero-order valence-electron chi connectivity index (χ0n) is 18.1. The molecule has 0 atom stereocenters. The Bertz CT molecular complexity index is 1200. The fourth-order valence-corrected chi connectivity index (χ4v) is 4.80. The summed E-state index contributed by atoms with van der Waals surface area (Å²) < 4.78 is 0. The van der Waals surface area contributed by atoms with Crippen LogP contribution in [0.4, 0.5) is 5.69 Å². The van der Waals surface area contributed by atoms with E-state index in [2.05, 4.69) is 5.32 Å². The summed E-state index contributed by atoms with van der Waals surface area (Å²) in [5.41, 5.74) is 0.764. The van der Waals surface area contributed by atoms with Crippen LogP contribution in [-0.2, 0) is 0 Å². The number of amides is 2. The van der Waals surface area contributed by atoms with Gasteiger partial charge in [-0.15, -0.1) is 0 Å². The summed E-state index contributed by atoms with van der Waals surface area (Å²) >= 11 is 7.15. The molecule has 1 aliphatic heterocycles. The van der Waals surface area contributed by atoms with Crippen LogP contribution in [0.2, 0.25) is 5.02 Å². The molecule has 0 radical (unpaired) electrons. The van der Waals surface area contributed by atoms with E-state index in [9.17, 15) is 19.7 Å². The lowest BCUT2D eigenvalue weighted by Crippen LogP contribution is -2.46. The van der Waals surface area contributed by atoms with Crippen molar-refractivity contribution in [1.29, 1.82) is 0 Å². The summed E-state index contributed by atoms with van der Waals surface area (Å²) in [6.07, 6.45) is 1.24. The second-order valence-corrected chi connectivity index (χ2v) is 9.45. The topological polar surface area (TPSA) is 92.6 Å². The van der Waals surface area contributed by atoms with Crippen LogP contribution >= 0.6 is 23.4 Å². The third-order valence-corrected chi connectivity index (χ3v) is 6.92. The molecular weight excluding hydrogens is 474 g/mol. The summed E-state index contributed by atoms with van der Waals surface area (Å²) in [6.45, 7) is 0.932. The molecule has 9 heteroatoms.